The molecule has 0 radical (unpaired) electrons. The van der Waals surface area contributed by atoms with Gasteiger partial charge in [-0.2, -0.15) is 0 Å². The third-order valence-corrected chi connectivity index (χ3v) is 4.29. The predicted octanol–water partition coefficient (Wildman–Crippen LogP) is 3.25. The van der Waals surface area contributed by atoms with E-state index in [4.69, 9.17) is 14.2 Å². The number of carbonyl (C=O) groups excluding carboxylic acids is 1. The minimum Gasteiger partial charge on any atom is -0.496 e. The molecule has 0 heterocycles. The van der Waals surface area contributed by atoms with Crippen molar-refractivity contribution in [1.82, 2.24) is 5.32 Å². The molecule has 0 saturated heterocycles. The Hall–Kier alpha value is -1.96. The quantitative estimate of drug-likeness (QED) is 0.720. The van der Waals surface area contributed by atoms with Crippen LogP contribution in [0.15, 0.2) is 36.4 Å². The van der Waals surface area contributed by atoms with Gasteiger partial charge in [-0.15, -0.1) is 0 Å². The van der Waals surface area contributed by atoms with E-state index in [0.717, 1.165) is 9.13 Å². The summed E-state index contributed by atoms with van der Waals surface area (Å²) in [5.74, 6) is 1.67. The number of methoxy groups -OCH3 is 3. The molecule has 0 aromatic heterocycles. The molecule has 0 unspecified atom stereocenters. The van der Waals surface area contributed by atoms with Gasteiger partial charge < -0.3 is 19.5 Å². The highest BCUT2D eigenvalue weighted by Crippen LogP contribution is 2.34. The van der Waals surface area contributed by atoms with Crippen LogP contribution in [0, 0.1) is 3.57 Å². The summed E-state index contributed by atoms with van der Waals surface area (Å²) >= 11 is 2.14. The van der Waals surface area contributed by atoms with Gasteiger partial charge in [-0.05, 0) is 40.8 Å². The standard InChI is InChI=1S/C17H18INO4/c1-21-14-9-16(23-3)15(22-2)8-11(14)10-19-17(20)12-6-4-5-7-13(12)18/h4-9H,10H2,1-3H3,(H,19,20). The zero-order valence-electron chi connectivity index (χ0n) is 13.2. The van der Waals surface area contributed by atoms with Crippen LogP contribution in [0.1, 0.15) is 15.9 Å². The molecule has 5 nitrogen and oxygen atoms in total. The number of halogens is 1. The summed E-state index contributed by atoms with van der Waals surface area (Å²) in [6.45, 7) is 0.327. The smallest absolute Gasteiger partial charge is 0.252 e. The second kappa shape index (κ2) is 8.05. The summed E-state index contributed by atoms with van der Waals surface area (Å²) in [4.78, 5) is 12.3. The summed E-state index contributed by atoms with van der Waals surface area (Å²) in [7, 11) is 4.71. The summed E-state index contributed by atoms with van der Waals surface area (Å²) < 4.78 is 16.8. The Kier molecular flexibility index (Phi) is 6.09. The van der Waals surface area contributed by atoms with E-state index in [1.165, 1.54) is 0 Å². The van der Waals surface area contributed by atoms with Crippen molar-refractivity contribution < 1.29 is 19.0 Å². The number of amides is 1. The molecular formula is C17H18INO4. The fourth-order valence-corrected chi connectivity index (χ4v) is 2.78. The highest BCUT2D eigenvalue weighted by atomic mass is 127. The monoisotopic (exact) mass is 427 g/mol. The van der Waals surface area contributed by atoms with Gasteiger partial charge in [0.15, 0.2) is 11.5 Å². The number of nitrogens with one attached hydrogen (secondary N) is 1. The summed E-state index contributed by atoms with van der Waals surface area (Å²) in [6.07, 6.45) is 0. The lowest BCUT2D eigenvalue weighted by Gasteiger charge is -2.14. The van der Waals surface area contributed by atoms with Crippen molar-refractivity contribution in [3.8, 4) is 17.2 Å². The molecule has 0 saturated carbocycles. The molecule has 0 atom stereocenters. The average molecular weight is 427 g/mol. The number of hydrogen-bond acceptors (Lipinski definition) is 4. The SMILES string of the molecule is COc1cc(OC)c(OC)cc1CNC(=O)c1ccccc1I. The highest BCUT2D eigenvalue weighted by molar-refractivity contribution is 14.1. The van der Waals surface area contributed by atoms with Gasteiger partial charge in [-0.1, -0.05) is 12.1 Å². The Bertz CT molecular complexity index is 703. The largest absolute Gasteiger partial charge is 0.496 e. The fourth-order valence-electron chi connectivity index (χ4n) is 2.15. The Morgan fingerprint density at radius 1 is 1.00 bits per heavy atom. The Labute approximate surface area is 149 Å². The topological polar surface area (TPSA) is 56.8 Å². The molecule has 2 aromatic carbocycles. The number of benzene rings is 2. The van der Waals surface area contributed by atoms with E-state index < -0.39 is 0 Å². The molecule has 6 heteroatoms. The van der Waals surface area contributed by atoms with E-state index in [-0.39, 0.29) is 5.91 Å². The van der Waals surface area contributed by atoms with Crippen molar-refractivity contribution in [3.63, 3.8) is 0 Å². The third-order valence-electron chi connectivity index (χ3n) is 3.34. The molecule has 0 bridgehead atoms. The van der Waals surface area contributed by atoms with Crippen LogP contribution in [0.4, 0.5) is 0 Å². The van der Waals surface area contributed by atoms with E-state index in [0.29, 0.717) is 29.4 Å². The third kappa shape index (κ3) is 4.07. The molecular weight excluding hydrogens is 409 g/mol. The van der Waals surface area contributed by atoms with Crippen molar-refractivity contribution in [2.24, 2.45) is 0 Å². The molecule has 122 valence electrons. The average Bonchev–Trinajstić information content (AvgIpc) is 2.59. The van der Waals surface area contributed by atoms with Crippen molar-refractivity contribution in [2.45, 2.75) is 6.54 Å². The summed E-state index contributed by atoms with van der Waals surface area (Å²) in [5, 5.41) is 2.90. The Morgan fingerprint density at radius 3 is 2.22 bits per heavy atom. The predicted molar refractivity (Wildman–Crippen MR) is 96.4 cm³/mol. The summed E-state index contributed by atoms with van der Waals surface area (Å²) in [5.41, 5.74) is 1.46. The van der Waals surface area contributed by atoms with Crippen molar-refractivity contribution in [3.05, 3.63) is 51.1 Å². The highest BCUT2D eigenvalue weighted by Gasteiger charge is 2.14. The maximum absolute atomic E-state index is 12.3. The van der Waals surface area contributed by atoms with Crippen LogP contribution in [0.2, 0.25) is 0 Å². The van der Waals surface area contributed by atoms with Crippen LogP contribution in [0.3, 0.4) is 0 Å². The zero-order valence-corrected chi connectivity index (χ0v) is 15.3. The molecule has 0 aliphatic heterocycles. The van der Waals surface area contributed by atoms with Gasteiger partial charge >= 0.3 is 0 Å². The van der Waals surface area contributed by atoms with E-state index in [2.05, 4.69) is 27.9 Å². The van der Waals surface area contributed by atoms with Crippen LogP contribution in [0.25, 0.3) is 0 Å². The van der Waals surface area contributed by atoms with Crippen LogP contribution in [-0.4, -0.2) is 27.2 Å². The first-order chi connectivity index (χ1) is 11.1. The minimum absolute atomic E-state index is 0.133. The van der Waals surface area contributed by atoms with Gasteiger partial charge in [-0.25, -0.2) is 0 Å². The van der Waals surface area contributed by atoms with Gasteiger partial charge in [0.1, 0.15) is 5.75 Å². The van der Waals surface area contributed by atoms with Gasteiger partial charge in [0, 0.05) is 21.7 Å². The maximum Gasteiger partial charge on any atom is 0.252 e. The number of rotatable bonds is 6. The lowest BCUT2D eigenvalue weighted by Crippen LogP contribution is -2.24. The van der Waals surface area contributed by atoms with Crippen molar-refractivity contribution in [1.29, 1.82) is 0 Å². The summed E-state index contributed by atoms with van der Waals surface area (Å²) in [6, 6.07) is 11.0. The molecule has 1 amide bonds. The second-order valence-corrected chi connectivity index (χ2v) is 5.84. The molecule has 23 heavy (non-hydrogen) atoms. The number of carbonyl (C=O) groups is 1. The van der Waals surface area contributed by atoms with Crippen LogP contribution < -0.4 is 19.5 Å². The first kappa shape index (κ1) is 17.4. The first-order valence-corrected chi connectivity index (χ1v) is 8.00. The van der Waals surface area contributed by atoms with Crippen LogP contribution in [-0.2, 0) is 6.54 Å². The molecule has 0 aliphatic carbocycles. The minimum atomic E-state index is -0.133. The molecule has 0 fully saturated rings. The lowest BCUT2D eigenvalue weighted by molar-refractivity contribution is 0.0949. The Balaban J connectivity index is 2.20. The van der Waals surface area contributed by atoms with Gasteiger partial charge in [0.05, 0.1) is 26.9 Å². The van der Waals surface area contributed by atoms with E-state index in [1.54, 1.807) is 39.5 Å². The lowest BCUT2D eigenvalue weighted by atomic mass is 10.1. The van der Waals surface area contributed by atoms with Gasteiger partial charge in [0.2, 0.25) is 0 Å². The van der Waals surface area contributed by atoms with Crippen molar-refractivity contribution >= 4 is 28.5 Å². The number of ether oxygens (including phenoxy) is 3. The molecule has 1 N–H and O–H groups in total. The van der Waals surface area contributed by atoms with Crippen LogP contribution >= 0.6 is 22.6 Å². The molecule has 2 aromatic rings. The fraction of sp³-hybridized carbons (Fsp3) is 0.235. The van der Waals surface area contributed by atoms with Gasteiger partial charge in [-0.3, -0.25) is 4.79 Å². The molecule has 0 aliphatic rings. The van der Waals surface area contributed by atoms with E-state index in [1.807, 2.05) is 18.2 Å². The van der Waals surface area contributed by atoms with Crippen LogP contribution in [0.5, 0.6) is 17.2 Å². The first-order valence-electron chi connectivity index (χ1n) is 6.92. The second-order valence-electron chi connectivity index (χ2n) is 4.68. The normalized spacial score (nSPS) is 10.1. The maximum atomic E-state index is 12.3. The molecule has 0 spiro atoms. The Morgan fingerprint density at radius 2 is 1.61 bits per heavy atom. The number of hydrogen-bond donors (Lipinski definition) is 1. The van der Waals surface area contributed by atoms with E-state index >= 15 is 0 Å². The van der Waals surface area contributed by atoms with Crippen molar-refractivity contribution in [2.75, 3.05) is 21.3 Å². The van der Waals surface area contributed by atoms with E-state index in [9.17, 15) is 4.79 Å². The molecule has 2 rings (SSSR count). The zero-order chi connectivity index (χ0) is 16.8. The van der Waals surface area contributed by atoms with Gasteiger partial charge in [0.25, 0.3) is 5.91 Å².